The Morgan fingerprint density at radius 1 is 1.55 bits per heavy atom. The summed E-state index contributed by atoms with van der Waals surface area (Å²) in [5.41, 5.74) is 1.96. The minimum absolute atomic E-state index is 0.807. The lowest BCUT2D eigenvalue weighted by atomic mass is 10.1. The molecule has 0 aromatic carbocycles. The molecule has 0 saturated heterocycles. The molecule has 0 fully saturated rings. The molecule has 0 unspecified atom stereocenters. The smallest absolute Gasteiger partial charge is 0.0361 e. The van der Waals surface area contributed by atoms with Gasteiger partial charge in [0.15, 0.2) is 0 Å². The topological polar surface area (TPSA) is 12.4 Å². The molecule has 0 aromatic heterocycles. The molecule has 0 bridgehead atoms. The number of allylic oxidation sites excluding steroid dienone is 4. The molecule has 60 valence electrons. The third-order valence-corrected chi connectivity index (χ3v) is 1.34. The van der Waals surface area contributed by atoms with Crippen LogP contribution in [-0.4, -0.2) is 12.8 Å². The lowest BCUT2D eigenvalue weighted by Gasteiger charge is -1.97. The van der Waals surface area contributed by atoms with Gasteiger partial charge in [-0.05, 0) is 25.0 Å². The van der Waals surface area contributed by atoms with Gasteiger partial charge in [0, 0.05) is 12.8 Å². The zero-order valence-electron chi connectivity index (χ0n) is 7.30. The Labute approximate surface area is 68.9 Å². The van der Waals surface area contributed by atoms with Gasteiger partial charge in [-0.1, -0.05) is 25.3 Å². The Bertz CT molecular complexity index is 197. The van der Waals surface area contributed by atoms with Crippen LogP contribution in [-0.2, 0) is 0 Å². The molecule has 1 nitrogen and oxygen atoms in total. The number of nitrogens with zero attached hydrogens (tertiary/aromatic N) is 1. The van der Waals surface area contributed by atoms with Crippen LogP contribution in [0.15, 0.2) is 41.4 Å². The van der Waals surface area contributed by atoms with Crippen molar-refractivity contribution in [3.8, 4) is 0 Å². The van der Waals surface area contributed by atoms with E-state index in [4.69, 9.17) is 0 Å². The van der Waals surface area contributed by atoms with Gasteiger partial charge < -0.3 is 0 Å². The molecule has 0 N–H and O–H groups in total. The molecule has 0 aliphatic heterocycles. The van der Waals surface area contributed by atoms with E-state index in [-0.39, 0.29) is 0 Å². The fraction of sp³-hybridized carbons (Fsp3) is 0.300. The summed E-state index contributed by atoms with van der Waals surface area (Å²) in [7, 11) is 0. The van der Waals surface area contributed by atoms with Crippen LogP contribution in [0.1, 0.15) is 13.8 Å². The zero-order chi connectivity index (χ0) is 8.69. The average Bonchev–Trinajstić information content (AvgIpc) is 2.05. The van der Waals surface area contributed by atoms with E-state index in [9.17, 15) is 0 Å². The van der Waals surface area contributed by atoms with E-state index < -0.39 is 0 Å². The Hall–Kier alpha value is -1.11. The highest BCUT2D eigenvalue weighted by molar-refractivity contribution is 5.85. The van der Waals surface area contributed by atoms with Gasteiger partial charge in [-0.15, -0.1) is 0 Å². The molecule has 0 aromatic rings. The molecular formula is C10H15N. The molecule has 0 rings (SSSR count). The van der Waals surface area contributed by atoms with Gasteiger partial charge >= 0.3 is 0 Å². The van der Waals surface area contributed by atoms with E-state index in [1.165, 1.54) is 0 Å². The third kappa shape index (κ3) is 3.56. The predicted molar refractivity (Wildman–Crippen MR) is 52.1 cm³/mol. The first-order valence-electron chi connectivity index (χ1n) is 3.74. The summed E-state index contributed by atoms with van der Waals surface area (Å²) in [5.74, 6) is 0. The Kier molecular flexibility index (Phi) is 5.09. The summed E-state index contributed by atoms with van der Waals surface area (Å²) in [6.45, 7) is 12.2. The Balaban J connectivity index is 4.31. The quantitative estimate of drug-likeness (QED) is 0.430. The highest BCUT2D eigenvalue weighted by Gasteiger charge is 1.91. The van der Waals surface area contributed by atoms with Crippen LogP contribution in [0, 0.1) is 0 Å². The van der Waals surface area contributed by atoms with E-state index in [1.807, 2.05) is 26.1 Å². The van der Waals surface area contributed by atoms with E-state index in [1.54, 1.807) is 6.08 Å². The summed E-state index contributed by atoms with van der Waals surface area (Å²) < 4.78 is 0. The van der Waals surface area contributed by atoms with E-state index in [0.717, 1.165) is 17.7 Å². The first kappa shape index (κ1) is 9.89. The second-order valence-corrected chi connectivity index (χ2v) is 2.10. The fourth-order valence-electron chi connectivity index (χ4n) is 0.650. The molecule has 0 spiro atoms. The van der Waals surface area contributed by atoms with Crippen molar-refractivity contribution in [2.45, 2.75) is 13.8 Å². The van der Waals surface area contributed by atoms with Crippen molar-refractivity contribution in [2.75, 3.05) is 6.54 Å². The van der Waals surface area contributed by atoms with E-state index in [2.05, 4.69) is 18.2 Å². The molecule has 0 aliphatic carbocycles. The van der Waals surface area contributed by atoms with Crippen molar-refractivity contribution in [3.63, 3.8) is 0 Å². The van der Waals surface area contributed by atoms with E-state index >= 15 is 0 Å². The molecule has 11 heavy (non-hydrogen) atoms. The number of hydrogen-bond acceptors (Lipinski definition) is 1. The van der Waals surface area contributed by atoms with Crippen molar-refractivity contribution in [3.05, 3.63) is 36.5 Å². The molecule has 0 radical (unpaired) electrons. The van der Waals surface area contributed by atoms with Crippen LogP contribution >= 0.6 is 0 Å². The van der Waals surface area contributed by atoms with Crippen LogP contribution in [0.5, 0.6) is 0 Å². The lowest BCUT2D eigenvalue weighted by Crippen LogP contribution is -1.86. The predicted octanol–water partition coefficient (Wildman–Crippen LogP) is 2.77. The molecule has 0 heterocycles. The maximum atomic E-state index is 4.11. The van der Waals surface area contributed by atoms with Gasteiger partial charge in [-0.3, -0.25) is 4.99 Å². The van der Waals surface area contributed by atoms with E-state index in [0.29, 0.717) is 0 Å². The number of hydrogen-bond donors (Lipinski definition) is 0. The maximum absolute atomic E-state index is 4.11. The molecule has 1 heteroatoms. The van der Waals surface area contributed by atoms with Crippen LogP contribution in [0.3, 0.4) is 0 Å². The van der Waals surface area contributed by atoms with Crippen LogP contribution in [0.2, 0.25) is 0 Å². The van der Waals surface area contributed by atoms with Crippen molar-refractivity contribution in [2.24, 2.45) is 4.99 Å². The van der Waals surface area contributed by atoms with Gasteiger partial charge in [-0.25, -0.2) is 0 Å². The maximum Gasteiger partial charge on any atom is 0.0361 e. The fourth-order valence-corrected chi connectivity index (χ4v) is 0.650. The largest absolute Gasteiger partial charge is 0.293 e. The van der Waals surface area contributed by atoms with Crippen molar-refractivity contribution < 1.29 is 0 Å². The second kappa shape index (κ2) is 5.66. The average molecular weight is 149 g/mol. The Morgan fingerprint density at radius 2 is 2.18 bits per heavy atom. The van der Waals surface area contributed by atoms with Crippen molar-refractivity contribution >= 4 is 6.21 Å². The third-order valence-electron chi connectivity index (χ3n) is 1.34. The normalized spacial score (nSPS) is 12.0. The summed E-state index contributed by atoms with van der Waals surface area (Å²) >= 11 is 0. The summed E-state index contributed by atoms with van der Waals surface area (Å²) in [6, 6.07) is 0. The molecule has 0 aliphatic rings. The monoisotopic (exact) mass is 149 g/mol. The molecule has 0 atom stereocenters. The van der Waals surface area contributed by atoms with Gasteiger partial charge in [0.25, 0.3) is 0 Å². The van der Waals surface area contributed by atoms with Gasteiger partial charge in [0.1, 0.15) is 0 Å². The standard InChI is InChI=1S/C10H15N/c1-5-9(4)10(6-2)8-11-7-3/h5-6,8H,1,4,7H2,2-3H3/b10-6+,11-8?. The van der Waals surface area contributed by atoms with Crippen LogP contribution in [0.25, 0.3) is 0 Å². The molecular weight excluding hydrogens is 134 g/mol. The first-order chi connectivity index (χ1) is 5.26. The van der Waals surface area contributed by atoms with Gasteiger partial charge in [0.05, 0.1) is 0 Å². The first-order valence-corrected chi connectivity index (χ1v) is 3.74. The van der Waals surface area contributed by atoms with Crippen LogP contribution < -0.4 is 0 Å². The van der Waals surface area contributed by atoms with Crippen molar-refractivity contribution in [1.29, 1.82) is 0 Å². The molecule has 0 amide bonds. The SMILES string of the molecule is C=CC(=C)/C(C=NCC)=C/C. The summed E-state index contributed by atoms with van der Waals surface area (Å²) in [5, 5.41) is 0. The minimum atomic E-state index is 0.807. The zero-order valence-corrected chi connectivity index (χ0v) is 7.30. The number of rotatable bonds is 4. The second-order valence-electron chi connectivity index (χ2n) is 2.10. The summed E-state index contributed by atoms with van der Waals surface area (Å²) in [4.78, 5) is 4.11. The number of aliphatic imine (C=N–C) groups is 1. The summed E-state index contributed by atoms with van der Waals surface area (Å²) in [6.07, 6.45) is 5.53. The minimum Gasteiger partial charge on any atom is -0.293 e. The molecule has 0 saturated carbocycles. The van der Waals surface area contributed by atoms with Gasteiger partial charge in [-0.2, -0.15) is 0 Å². The van der Waals surface area contributed by atoms with Crippen LogP contribution in [0.4, 0.5) is 0 Å². The van der Waals surface area contributed by atoms with Gasteiger partial charge in [0.2, 0.25) is 0 Å². The highest BCUT2D eigenvalue weighted by atomic mass is 14.7. The Morgan fingerprint density at radius 3 is 2.55 bits per heavy atom. The highest BCUT2D eigenvalue weighted by Crippen LogP contribution is 2.04. The van der Waals surface area contributed by atoms with Crippen molar-refractivity contribution in [1.82, 2.24) is 0 Å². The lowest BCUT2D eigenvalue weighted by molar-refractivity contribution is 1.14.